The molecule has 0 aliphatic carbocycles. The molecule has 0 N–H and O–H groups in total. The van der Waals surface area contributed by atoms with Crippen LogP contribution in [0.1, 0.15) is 9.70 Å². The van der Waals surface area contributed by atoms with E-state index in [1.165, 1.54) is 11.3 Å². The maximum Gasteiger partial charge on any atom is 0.293 e. The quantitative estimate of drug-likeness (QED) is 0.633. The Morgan fingerprint density at radius 3 is 3.08 bits per heavy atom. The number of halogens is 2. The minimum atomic E-state index is 0.0181. The number of hydrogen-bond acceptors (Lipinski definition) is 4. The lowest BCUT2D eigenvalue weighted by atomic mass is 10.4. The van der Waals surface area contributed by atoms with Crippen LogP contribution in [0.3, 0.4) is 0 Å². The van der Waals surface area contributed by atoms with E-state index in [2.05, 4.69) is 41.6 Å². The average Bonchev–Trinajstić information content (AvgIpc) is 2.47. The number of rotatable bonds is 4. The molecule has 0 fully saturated rings. The molecule has 6 heteroatoms. The molecule has 0 amide bonds. The first-order valence-corrected chi connectivity index (χ1v) is 5.62. The van der Waals surface area contributed by atoms with E-state index < -0.39 is 0 Å². The summed E-state index contributed by atoms with van der Waals surface area (Å²) in [5.74, 6) is 0. The van der Waals surface area contributed by atoms with Crippen molar-refractivity contribution in [3.8, 4) is 0 Å². The standard InChI is InChI=1S/C6H5Br2NO2S/c7-4(1-11-3-10)5-6(8)9-2-12-5/h2-4H,1H2. The summed E-state index contributed by atoms with van der Waals surface area (Å²) in [6.07, 6.45) is 0. The highest BCUT2D eigenvalue weighted by Crippen LogP contribution is 2.32. The van der Waals surface area contributed by atoms with E-state index in [0.717, 1.165) is 9.48 Å². The average molecular weight is 315 g/mol. The lowest BCUT2D eigenvalue weighted by Crippen LogP contribution is -1.99. The van der Waals surface area contributed by atoms with Crippen molar-refractivity contribution in [1.82, 2.24) is 4.98 Å². The fraction of sp³-hybridized carbons (Fsp3) is 0.333. The number of ether oxygens (including phenoxy) is 1. The molecule has 1 aromatic rings. The molecule has 0 aromatic carbocycles. The second-order valence-corrected chi connectivity index (χ2v) is 4.65. The minimum absolute atomic E-state index is 0.0181. The molecule has 0 saturated carbocycles. The zero-order chi connectivity index (χ0) is 8.97. The third-order valence-corrected chi connectivity index (χ3v) is 4.01. The van der Waals surface area contributed by atoms with Gasteiger partial charge in [0.1, 0.15) is 11.2 Å². The molecule has 0 bridgehead atoms. The fourth-order valence-corrected chi connectivity index (χ4v) is 3.08. The Kier molecular flexibility index (Phi) is 4.17. The number of carbonyl (C=O) groups excluding carboxylic acids is 1. The van der Waals surface area contributed by atoms with Gasteiger partial charge in [-0.3, -0.25) is 4.79 Å². The maximum absolute atomic E-state index is 9.90. The second kappa shape index (κ2) is 4.94. The monoisotopic (exact) mass is 313 g/mol. The maximum atomic E-state index is 9.90. The van der Waals surface area contributed by atoms with Crippen molar-refractivity contribution < 1.29 is 9.53 Å². The van der Waals surface area contributed by atoms with Crippen LogP contribution in [-0.4, -0.2) is 18.1 Å². The summed E-state index contributed by atoms with van der Waals surface area (Å²) in [6, 6.07) is 0. The summed E-state index contributed by atoms with van der Waals surface area (Å²) >= 11 is 8.16. The SMILES string of the molecule is O=COCC(Br)c1scnc1Br. The summed E-state index contributed by atoms with van der Waals surface area (Å²) < 4.78 is 5.40. The van der Waals surface area contributed by atoms with E-state index in [9.17, 15) is 4.79 Å². The molecular weight excluding hydrogens is 310 g/mol. The van der Waals surface area contributed by atoms with Gasteiger partial charge in [0.15, 0.2) is 0 Å². The van der Waals surface area contributed by atoms with Gasteiger partial charge in [0.05, 0.1) is 15.2 Å². The molecule has 0 aliphatic heterocycles. The predicted molar refractivity (Wildman–Crippen MR) is 53.5 cm³/mol. The number of alkyl halides is 1. The zero-order valence-corrected chi connectivity index (χ0v) is 9.86. The van der Waals surface area contributed by atoms with Gasteiger partial charge >= 0.3 is 0 Å². The van der Waals surface area contributed by atoms with E-state index in [1.807, 2.05) is 0 Å². The fourth-order valence-electron chi connectivity index (χ4n) is 0.644. The van der Waals surface area contributed by atoms with Crippen LogP contribution in [0.5, 0.6) is 0 Å². The summed E-state index contributed by atoms with van der Waals surface area (Å²) in [5.41, 5.74) is 1.73. The molecule has 0 radical (unpaired) electrons. The highest BCUT2D eigenvalue weighted by atomic mass is 79.9. The van der Waals surface area contributed by atoms with Gasteiger partial charge in [-0.05, 0) is 15.9 Å². The molecule has 0 spiro atoms. The van der Waals surface area contributed by atoms with Crippen molar-refractivity contribution >= 4 is 49.7 Å². The lowest BCUT2D eigenvalue weighted by molar-refractivity contribution is -0.128. The molecule has 0 saturated heterocycles. The molecule has 1 unspecified atom stereocenters. The Labute approximate surface area is 90.4 Å². The highest BCUT2D eigenvalue weighted by molar-refractivity contribution is 9.10. The van der Waals surface area contributed by atoms with Crippen LogP contribution in [0.4, 0.5) is 0 Å². The van der Waals surface area contributed by atoms with Crippen LogP contribution >= 0.6 is 43.2 Å². The normalized spacial score (nSPS) is 12.5. The Morgan fingerprint density at radius 2 is 2.58 bits per heavy atom. The smallest absolute Gasteiger partial charge is 0.293 e. The third kappa shape index (κ3) is 2.53. The van der Waals surface area contributed by atoms with E-state index in [1.54, 1.807) is 5.51 Å². The minimum Gasteiger partial charge on any atom is -0.466 e. The first kappa shape index (κ1) is 10.1. The van der Waals surface area contributed by atoms with Crippen molar-refractivity contribution in [3.05, 3.63) is 15.0 Å². The molecule has 3 nitrogen and oxygen atoms in total. The van der Waals surface area contributed by atoms with Gasteiger partial charge in [0.25, 0.3) is 6.47 Å². The number of aromatic nitrogens is 1. The topological polar surface area (TPSA) is 39.2 Å². The highest BCUT2D eigenvalue weighted by Gasteiger charge is 2.13. The van der Waals surface area contributed by atoms with Crippen LogP contribution in [0.15, 0.2) is 10.1 Å². The largest absolute Gasteiger partial charge is 0.466 e. The van der Waals surface area contributed by atoms with E-state index in [4.69, 9.17) is 0 Å². The summed E-state index contributed by atoms with van der Waals surface area (Å²) in [6.45, 7) is 0.757. The van der Waals surface area contributed by atoms with Crippen LogP contribution in [-0.2, 0) is 9.53 Å². The molecule has 1 aromatic heterocycles. The molecule has 12 heavy (non-hydrogen) atoms. The number of nitrogens with zero attached hydrogens (tertiary/aromatic N) is 1. The number of thiazole rings is 1. The summed E-state index contributed by atoms with van der Waals surface area (Å²) in [7, 11) is 0. The van der Waals surface area contributed by atoms with Crippen molar-refractivity contribution in [2.24, 2.45) is 0 Å². The van der Waals surface area contributed by atoms with Gasteiger partial charge in [-0.25, -0.2) is 4.98 Å². The summed E-state index contributed by atoms with van der Waals surface area (Å²) in [4.78, 5) is 14.9. The van der Waals surface area contributed by atoms with Gasteiger partial charge in [0, 0.05) is 0 Å². The molecular formula is C6H5Br2NO2S. The van der Waals surface area contributed by atoms with Crippen molar-refractivity contribution in [2.45, 2.75) is 4.83 Å². The third-order valence-electron chi connectivity index (χ3n) is 1.14. The first-order valence-electron chi connectivity index (χ1n) is 3.04. The lowest BCUT2D eigenvalue weighted by Gasteiger charge is -2.04. The van der Waals surface area contributed by atoms with Crippen LogP contribution in [0.2, 0.25) is 0 Å². The van der Waals surface area contributed by atoms with E-state index >= 15 is 0 Å². The zero-order valence-electron chi connectivity index (χ0n) is 5.87. The van der Waals surface area contributed by atoms with Crippen LogP contribution in [0, 0.1) is 0 Å². The van der Waals surface area contributed by atoms with Crippen molar-refractivity contribution in [2.75, 3.05) is 6.61 Å². The van der Waals surface area contributed by atoms with E-state index in [0.29, 0.717) is 13.1 Å². The first-order chi connectivity index (χ1) is 5.75. The molecule has 1 heterocycles. The Hall–Kier alpha value is 0.0600. The number of hydrogen-bond donors (Lipinski definition) is 0. The van der Waals surface area contributed by atoms with Gasteiger partial charge in [-0.15, -0.1) is 11.3 Å². The van der Waals surface area contributed by atoms with Gasteiger partial charge < -0.3 is 4.74 Å². The molecule has 66 valence electrons. The Balaban J connectivity index is 2.58. The van der Waals surface area contributed by atoms with E-state index in [-0.39, 0.29) is 4.83 Å². The van der Waals surface area contributed by atoms with Gasteiger partial charge in [0.2, 0.25) is 0 Å². The van der Waals surface area contributed by atoms with Crippen molar-refractivity contribution in [3.63, 3.8) is 0 Å². The summed E-state index contributed by atoms with van der Waals surface area (Å²) in [5, 5.41) is 0. The van der Waals surface area contributed by atoms with Crippen LogP contribution in [0.25, 0.3) is 0 Å². The molecule has 1 atom stereocenters. The van der Waals surface area contributed by atoms with Crippen LogP contribution < -0.4 is 0 Å². The van der Waals surface area contributed by atoms with Gasteiger partial charge in [-0.2, -0.15) is 0 Å². The molecule has 1 rings (SSSR count). The van der Waals surface area contributed by atoms with Crippen molar-refractivity contribution in [1.29, 1.82) is 0 Å². The predicted octanol–water partition coefficient (Wildman–Crippen LogP) is 2.51. The Morgan fingerprint density at radius 1 is 1.83 bits per heavy atom. The molecule has 0 aliphatic rings. The van der Waals surface area contributed by atoms with Gasteiger partial charge in [-0.1, -0.05) is 15.9 Å². The second-order valence-electron chi connectivity index (χ2n) is 1.90. The Bertz CT molecular complexity index is 266. The number of carbonyl (C=O) groups is 1.